The topological polar surface area (TPSA) is 80.3 Å². The Kier molecular flexibility index (Phi) is 4.34. The number of aromatic nitrogens is 5. The number of benzene rings is 2. The van der Waals surface area contributed by atoms with Crippen molar-refractivity contribution in [3.63, 3.8) is 0 Å². The smallest absolute Gasteiger partial charge is 0.225 e. The largest absolute Gasteiger partial charge is 0.253 e. The quantitative estimate of drug-likeness (QED) is 0.415. The average molecular weight is 408 g/mol. The van der Waals surface area contributed by atoms with Crippen molar-refractivity contribution in [3.05, 3.63) is 77.1 Å². The van der Waals surface area contributed by atoms with Crippen molar-refractivity contribution in [1.82, 2.24) is 24.7 Å². The molecule has 0 aliphatic heterocycles. The van der Waals surface area contributed by atoms with E-state index >= 15 is 0 Å². The zero-order valence-electron chi connectivity index (χ0n) is 16.4. The van der Waals surface area contributed by atoms with E-state index in [0.717, 1.165) is 32.6 Å². The Balaban J connectivity index is 1.69. The van der Waals surface area contributed by atoms with Gasteiger partial charge in [0.2, 0.25) is 0 Å². The molecule has 5 aromatic rings. The molecule has 0 spiro atoms. The van der Waals surface area contributed by atoms with E-state index in [4.69, 9.17) is 0 Å². The summed E-state index contributed by atoms with van der Waals surface area (Å²) in [6.07, 6.45) is 0. The molecule has 0 unspecified atom stereocenters. The van der Waals surface area contributed by atoms with E-state index < -0.39 is 0 Å². The summed E-state index contributed by atoms with van der Waals surface area (Å²) in [6.45, 7) is 4.09. The first-order valence-corrected chi connectivity index (χ1v) is 10.3. The van der Waals surface area contributed by atoms with Crippen molar-refractivity contribution in [2.45, 2.75) is 13.8 Å². The number of hydrogen-bond acceptors (Lipinski definition) is 6. The molecule has 6 nitrogen and oxygen atoms in total. The molecule has 0 amide bonds. The highest BCUT2D eigenvalue weighted by molar-refractivity contribution is 7.16. The van der Waals surface area contributed by atoms with Crippen LogP contribution in [0, 0.1) is 25.2 Å². The molecule has 2 aromatic carbocycles. The Morgan fingerprint density at radius 3 is 2.43 bits per heavy atom. The number of nitrogens with zero attached hydrogens (tertiary/aromatic N) is 6. The standard InChI is InChI=1S/C23H16N6S/c1-14-10-17(16-6-4-3-5-7-16)11-15(2)21(14)29-23(27-20(12-24)28-29)18-8-9-19-22(26-18)25-13-30-19/h3-11,13H,1-2H3. The van der Waals surface area contributed by atoms with Crippen LogP contribution in [0.15, 0.2) is 60.1 Å². The van der Waals surface area contributed by atoms with E-state index in [1.54, 1.807) is 10.2 Å². The second-order valence-electron chi connectivity index (χ2n) is 6.98. The minimum Gasteiger partial charge on any atom is -0.225 e. The lowest BCUT2D eigenvalue weighted by Gasteiger charge is -2.14. The van der Waals surface area contributed by atoms with E-state index in [2.05, 4.69) is 50.4 Å². The Labute approximate surface area is 177 Å². The summed E-state index contributed by atoms with van der Waals surface area (Å²) in [5.41, 5.74) is 8.34. The predicted octanol–water partition coefficient (Wildman–Crippen LogP) is 5.09. The van der Waals surface area contributed by atoms with Crippen LogP contribution in [0.25, 0.3) is 38.7 Å². The number of hydrogen-bond donors (Lipinski definition) is 0. The molecule has 0 bridgehead atoms. The van der Waals surface area contributed by atoms with Gasteiger partial charge in [0.25, 0.3) is 5.82 Å². The van der Waals surface area contributed by atoms with Gasteiger partial charge in [0, 0.05) is 0 Å². The summed E-state index contributed by atoms with van der Waals surface area (Å²) in [5, 5.41) is 13.9. The number of fused-ring (bicyclic) bond motifs is 1. The molecule has 3 heterocycles. The first-order valence-electron chi connectivity index (χ1n) is 9.39. The maximum absolute atomic E-state index is 9.42. The van der Waals surface area contributed by atoms with Crippen LogP contribution in [0.4, 0.5) is 0 Å². The second-order valence-corrected chi connectivity index (χ2v) is 7.86. The van der Waals surface area contributed by atoms with Crippen molar-refractivity contribution in [2.75, 3.05) is 0 Å². The lowest BCUT2D eigenvalue weighted by atomic mass is 9.99. The van der Waals surface area contributed by atoms with Gasteiger partial charge in [-0.25, -0.2) is 14.6 Å². The minimum atomic E-state index is 0.108. The lowest BCUT2D eigenvalue weighted by molar-refractivity contribution is 0.862. The molecular weight excluding hydrogens is 392 g/mol. The zero-order chi connectivity index (χ0) is 20.7. The summed E-state index contributed by atoms with van der Waals surface area (Å²) in [4.78, 5) is 13.4. The lowest BCUT2D eigenvalue weighted by Crippen LogP contribution is -2.06. The van der Waals surface area contributed by atoms with Crippen LogP contribution in [-0.4, -0.2) is 24.7 Å². The summed E-state index contributed by atoms with van der Waals surface area (Å²) >= 11 is 1.54. The van der Waals surface area contributed by atoms with Gasteiger partial charge in [0.05, 0.1) is 15.9 Å². The molecule has 0 aliphatic rings. The first-order chi connectivity index (χ1) is 14.6. The number of nitriles is 1. The van der Waals surface area contributed by atoms with Gasteiger partial charge < -0.3 is 0 Å². The summed E-state index contributed by atoms with van der Waals surface area (Å²) in [5.74, 6) is 0.635. The number of rotatable bonds is 3. The molecule has 3 aromatic heterocycles. The molecule has 7 heteroatoms. The van der Waals surface area contributed by atoms with Crippen molar-refractivity contribution in [1.29, 1.82) is 5.26 Å². The number of pyridine rings is 1. The highest BCUT2D eigenvalue weighted by Gasteiger charge is 2.19. The highest BCUT2D eigenvalue weighted by atomic mass is 32.1. The van der Waals surface area contributed by atoms with Gasteiger partial charge in [-0.15, -0.1) is 16.4 Å². The molecule has 30 heavy (non-hydrogen) atoms. The zero-order valence-corrected chi connectivity index (χ0v) is 17.2. The molecule has 0 fully saturated rings. The SMILES string of the molecule is Cc1cc(-c2ccccc2)cc(C)c1-n1nc(C#N)nc1-c1ccc2scnc2n1. The third-order valence-electron chi connectivity index (χ3n) is 4.94. The van der Waals surface area contributed by atoms with Crippen LogP contribution < -0.4 is 0 Å². The fourth-order valence-corrected chi connectivity index (χ4v) is 4.26. The molecule has 0 aliphatic carbocycles. The molecule has 0 N–H and O–H groups in total. The Hall–Kier alpha value is -3.89. The number of aryl methyl sites for hydroxylation is 2. The van der Waals surface area contributed by atoms with E-state index in [0.29, 0.717) is 17.2 Å². The van der Waals surface area contributed by atoms with Crippen molar-refractivity contribution >= 4 is 21.7 Å². The van der Waals surface area contributed by atoms with E-state index in [1.807, 2.05) is 44.2 Å². The Morgan fingerprint density at radius 1 is 0.933 bits per heavy atom. The van der Waals surface area contributed by atoms with Crippen molar-refractivity contribution in [2.24, 2.45) is 0 Å². The van der Waals surface area contributed by atoms with Gasteiger partial charge in [-0.3, -0.25) is 0 Å². The Morgan fingerprint density at radius 2 is 1.70 bits per heavy atom. The minimum absolute atomic E-state index is 0.108. The van der Waals surface area contributed by atoms with Crippen LogP contribution in [0.3, 0.4) is 0 Å². The predicted molar refractivity (Wildman–Crippen MR) is 117 cm³/mol. The summed E-state index contributed by atoms with van der Waals surface area (Å²) in [7, 11) is 0. The molecule has 0 saturated heterocycles. The van der Waals surface area contributed by atoms with Gasteiger partial charge in [-0.2, -0.15) is 10.2 Å². The fourth-order valence-electron chi connectivity index (χ4n) is 3.65. The fraction of sp³-hybridized carbons (Fsp3) is 0.0870. The van der Waals surface area contributed by atoms with Crippen LogP contribution >= 0.6 is 11.3 Å². The molecule has 0 saturated carbocycles. The number of thiazole rings is 1. The van der Waals surface area contributed by atoms with Crippen molar-refractivity contribution in [3.8, 4) is 34.4 Å². The van der Waals surface area contributed by atoms with E-state index in [-0.39, 0.29) is 5.82 Å². The second kappa shape index (κ2) is 7.17. The van der Waals surface area contributed by atoms with Gasteiger partial charge in [-0.1, -0.05) is 30.3 Å². The molecular formula is C23H16N6S. The molecule has 5 rings (SSSR count). The third-order valence-corrected chi connectivity index (χ3v) is 5.72. The van der Waals surface area contributed by atoms with Crippen LogP contribution in [0.5, 0.6) is 0 Å². The molecule has 144 valence electrons. The van der Waals surface area contributed by atoms with Gasteiger partial charge in [0.15, 0.2) is 11.5 Å². The summed E-state index contributed by atoms with van der Waals surface area (Å²) < 4.78 is 2.73. The van der Waals surface area contributed by atoms with Crippen LogP contribution in [-0.2, 0) is 0 Å². The molecule has 0 radical (unpaired) electrons. The van der Waals surface area contributed by atoms with E-state index in [1.165, 1.54) is 11.3 Å². The molecule has 0 atom stereocenters. The highest BCUT2D eigenvalue weighted by Crippen LogP contribution is 2.30. The maximum Gasteiger partial charge on any atom is 0.253 e. The maximum atomic E-state index is 9.42. The van der Waals surface area contributed by atoms with Crippen LogP contribution in [0.1, 0.15) is 17.0 Å². The average Bonchev–Trinajstić information content (AvgIpc) is 3.40. The van der Waals surface area contributed by atoms with Crippen molar-refractivity contribution < 1.29 is 0 Å². The summed E-state index contributed by atoms with van der Waals surface area (Å²) in [6, 6.07) is 20.4. The normalized spacial score (nSPS) is 11.0. The van der Waals surface area contributed by atoms with Gasteiger partial charge in [0.1, 0.15) is 11.8 Å². The third kappa shape index (κ3) is 3.04. The van der Waals surface area contributed by atoms with E-state index in [9.17, 15) is 5.26 Å². The van der Waals surface area contributed by atoms with Crippen LogP contribution in [0.2, 0.25) is 0 Å². The Bertz CT molecular complexity index is 1400. The van der Waals surface area contributed by atoms with Gasteiger partial charge >= 0.3 is 0 Å². The monoisotopic (exact) mass is 408 g/mol. The van der Waals surface area contributed by atoms with Gasteiger partial charge in [-0.05, 0) is 60.4 Å². The first kappa shape index (κ1) is 18.2.